The van der Waals surface area contributed by atoms with Crippen LogP contribution in [0.3, 0.4) is 0 Å². The van der Waals surface area contributed by atoms with E-state index in [1.165, 1.54) is 48.7 Å². The molecule has 0 aliphatic heterocycles. The first kappa shape index (κ1) is 31.2. The van der Waals surface area contributed by atoms with Gasteiger partial charge in [0.05, 0.1) is 18.6 Å². The highest BCUT2D eigenvalue weighted by Gasteiger charge is 2.30. The number of carboxylic acids is 1. The van der Waals surface area contributed by atoms with Crippen molar-refractivity contribution in [2.45, 2.75) is 51.9 Å². The summed E-state index contributed by atoms with van der Waals surface area (Å²) >= 11 is 0. The molecule has 224 valence electrons. The van der Waals surface area contributed by atoms with Gasteiger partial charge in [-0.05, 0) is 68.3 Å². The van der Waals surface area contributed by atoms with Crippen molar-refractivity contribution in [1.82, 2.24) is 14.5 Å². The van der Waals surface area contributed by atoms with Gasteiger partial charge in [-0.15, -0.1) is 0 Å². The first-order valence-corrected chi connectivity index (χ1v) is 13.6. The highest BCUT2D eigenvalue weighted by Crippen LogP contribution is 2.43. The molecule has 0 radical (unpaired) electrons. The third-order valence-electron chi connectivity index (χ3n) is 6.66. The third-order valence-corrected chi connectivity index (χ3v) is 6.66. The number of anilines is 1. The largest absolute Gasteiger partial charge is 0.481 e. The molecule has 4 rings (SSSR count). The second kappa shape index (κ2) is 13.5. The summed E-state index contributed by atoms with van der Waals surface area (Å²) in [4.78, 5) is 33.4. The fourth-order valence-electron chi connectivity index (χ4n) is 4.85. The zero-order chi connectivity index (χ0) is 31.3. The van der Waals surface area contributed by atoms with Gasteiger partial charge in [-0.25, -0.2) is 18.7 Å². The Balaban J connectivity index is 1.98. The van der Waals surface area contributed by atoms with Crippen LogP contribution in [0.4, 0.5) is 14.7 Å². The number of carbonyl (C=O) groups is 2. The number of amides is 1. The van der Waals surface area contributed by atoms with E-state index in [9.17, 15) is 28.6 Å². The van der Waals surface area contributed by atoms with Crippen LogP contribution in [0.2, 0.25) is 0 Å². The van der Waals surface area contributed by atoms with Crippen LogP contribution in [-0.4, -0.2) is 53.9 Å². The number of aryl methyl sites for hydroxylation is 1. The SMILES string of the molecule is Cc1ccnc(NC(=O)c2c(-c3ccc(F)cc3)c(-c3ccc(F)cc3)c(C=C[C@@H](O)C[C@@H](O)CC(=O)O)n2C(C)C)n1. The van der Waals surface area contributed by atoms with Crippen molar-refractivity contribution in [3.05, 3.63) is 95.6 Å². The Bertz CT molecular complexity index is 1630. The van der Waals surface area contributed by atoms with Gasteiger partial charge in [-0.3, -0.25) is 14.9 Å². The lowest BCUT2D eigenvalue weighted by Gasteiger charge is -2.17. The Labute approximate surface area is 247 Å². The number of hydrogen-bond donors (Lipinski definition) is 4. The van der Waals surface area contributed by atoms with Crippen LogP contribution in [0.15, 0.2) is 66.9 Å². The summed E-state index contributed by atoms with van der Waals surface area (Å²) in [5.74, 6) is -2.62. The Morgan fingerprint density at radius 3 is 2.07 bits per heavy atom. The Morgan fingerprint density at radius 1 is 0.953 bits per heavy atom. The highest BCUT2D eigenvalue weighted by atomic mass is 19.1. The fraction of sp³-hybridized carbons (Fsp3) is 0.250. The number of carbonyl (C=O) groups excluding carboxylic acids is 1. The number of halogens is 2. The van der Waals surface area contributed by atoms with Gasteiger partial charge < -0.3 is 19.9 Å². The topological polar surface area (TPSA) is 138 Å². The van der Waals surface area contributed by atoms with Gasteiger partial charge in [0.2, 0.25) is 5.95 Å². The van der Waals surface area contributed by atoms with E-state index in [1.807, 2.05) is 13.8 Å². The number of nitrogens with zero attached hydrogens (tertiary/aromatic N) is 3. The van der Waals surface area contributed by atoms with Gasteiger partial charge in [-0.2, -0.15) is 0 Å². The van der Waals surface area contributed by atoms with E-state index in [-0.39, 0.29) is 24.1 Å². The molecule has 11 heteroatoms. The number of rotatable bonds is 11. The summed E-state index contributed by atoms with van der Waals surface area (Å²) in [6.45, 7) is 5.47. The van der Waals surface area contributed by atoms with Gasteiger partial charge >= 0.3 is 5.97 Å². The molecule has 43 heavy (non-hydrogen) atoms. The molecular weight excluding hydrogens is 558 g/mol. The molecule has 4 N–H and O–H groups in total. The van der Waals surface area contributed by atoms with Crippen molar-refractivity contribution in [3.8, 4) is 22.3 Å². The Hall–Kier alpha value is -4.74. The van der Waals surface area contributed by atoms with Crippen LogP contribution in [0.25, 0.3) is 28.3 Å². The molecule has 4 aromatic rings. The molecule has 0 saturated carbocycles. The predicted molar refractivity (Wildman–Crippen MR) is 158 cm³/mol. The number of hydrogen-bond acceptors (Lipinski definition) is 6. The van der Waals surface area contributed by atoms with Crippen molar-refractivity contribution in [3.63, 3.8) is 0 Å². The predicted octanol–water partition coefficient (Wildman–Crippen LogP) is 5.63. The highest BCUT2D eigenvalue weighted by molar-refractivity contribution is 6.11. The van der Waals surface area contributed by atoms with E-state index >= 15 is 0 Å². The van der Waals surface area contributed by atoms with Crippen LogP contribution in [0.1, 0.15) is 54.6 Å². The minimum atomic E-state index is -1.28. The summed E-state index contributed by atoms with van der Waals surface area (Å²) in [6, 6.07) is 12.6. The number of aliphatic hydroxyl groups is 2. The monoisotopic (exact) mass is 590 g/mol. The summed E-state index contributed by atoms with van der Waals surface area (Å²) in [5, 5.41) is 32.4. The molecule has 2 aromatic heterocycles. The van der Waals surface area contributed by atoms with Gasteiger partial charge in [0.15, 0.2) is 0 Å². The maximum absolute atomic E-state index is 14.0. The zero-order valence-corrected chi connectivity index (χ0v) is 23.8. The molecule has 0 bridgehead atoms. The maximum Gasteiger partial charge on any atom is 0.305 e. The number of nitrogens with one attached hydrogen (secondary N) is 1. The van der Waals surface area contributed by atoms with Crippen LogP contribution >= 0.6 is 0 Å². The second-order valence-corrected chi connectivity index (χ2v) is 10.4. The molecule has 1 amide bonds. The van der Waals surface area contributed by atoms with Crippen LogP contribution < -0.4 is 5.32 Å². The number of aliphatic carboxylic acids is 1. The molecule has 2 atom stereocenters. The fourth-order valence-corrected chi connectivity index (χ4v) is 4.85. The molecule has 9 nitrogen and oxygen atoms in total. The lowest BCUT2D eigenvalue weighted by atomic mass is 9.94. The standard InChI is InChI=1S/C32H32F2N4O5/c1-18(2)38-26(13-12-24(39)16-25(40)17-27(41)42)28(20-4-8-22(33)9-5-20)29(21-6-10-23(34)11-7-21)30(38)31(43)37-32-35-15-14-19(3)36-32/h4-15,18,24-25,39-40H,16-17H2,1-3H3,(H,41,42)(H,35,36,37,43)/t24-,25-/m1/s1. The van der Waals surface area contributed by atoms with Crippen LogP contribution in [0.5, 0.6) is 0 Å². The Kier molecular flexibility index (Phi) is 9.79. The average Bonchev–Trinajstić information content (AvgIpc) is 3.28. The first-order valence-electron chi connectivity index (χ1n) is 13.6. The minimum Gasteiger partial charge on any atom is -0.481 e. The summed E-state index contributed by atoms with van der Waals surface area (Å²) < 4.78 is 29.8. The van der Waals surface area contributed by atoms with E-state index in [2.05, 4.69) is 15.3 Å². The lowest BCUT2D eigenvalue weighted by Crippen LogP contribution is -2.21. The van der Waals surface area contributed by atoms with Crippen molar-refractivity contribution < 1.29 is 33.7 Å². The maximum atomic E-state index is 14.0. The molecule has 0 aliphatic rings. The number of aliphatic hydroxyl groups excluding tert-OH is 2. The zero-order valence-electron chi connectivity index (χ0n) is 23.8. The summed E-state index contributed by atoms with van der Waals surface area (Å²) in [5.41, 5.74) is 3.26. The quantitative estimate of drug-likeness (QED) is 0.178. The van der Waals surface area contributed by atoms with E-state index in [0.717, 1.165) is 0 Å². The molecule has 2 heterocycles. The molecule has 0 saturated heterocycles. The van der Waals surface area contributed by atoms with E-state index in [1.54, 1.807) is 35.8 Å². The molecule has 2 aromatic carbocycles. The summed E-state index contributed by atoms with van der Waals surface area (Å²) in [7, 11) is 0. The van der Waals surface area contributed by atoms with Gasteiger partial charge in [0.1, 0.15) is 17.3 Å². The van der Waals surface area contributed by atoms with E-state index in [0.29, 0.717) is 33.6 Å². The smallest absolute Gasteiger partial charge is 0.305 e. The molecule has 0 fully saturated rings. The Morgan fingerprint density at radius 2 is 1.53 bits per heavy atom. The normalized spacial score (nSPS) is 12.9. The van der Waals surface area contributed by atoms with Crippen LogP contribution in [-0.2, 0) is 4.79 Å². The van der Waals surface area contributed by atoms with Gasteiger partial charge in [0, 0.05) is 41.2 Å². The number of carboxylic acid groups (broad SMARTS) is 1. The van der Waals surface area contributed by atoms with Crippen molar-refractivity contribution >= 4 is 23.9 Å². The molecular formula is C32H32F2N4O5. The van der Waals surface area contributed by atoms with Crippen molar-refractivity contribution in [2.24, 2.45) is 0 Å². The minimum absolute atomic E-state index is 0.0785. The van der Waals surface area contributed by atoms with Crippen molar-refractivity contribution in [2.75, 3.05) is 5.32 Å². The molecule has 0 aliphatic carbocycles. The lowest BCUT2D eigenvalue weighted by molar-refractivity contribution is -0.139. The second-order valence-electron chi connectivity index (χ2n) is 10.4. The van der Waals surface area contributed by atoms with Crippen molar-refractivity contribution in [1.29, 1.82) is 0 Å². The average molecular weight is 591 g/mol. The molecule has 0 unspecified atom stereocenters. The van der Waals surface area contributed by atoms with Gasteiger partial charge in [0.25, 0.3) is 5.91 Å². The van der Waals surface area contributed by atoms with E-state index < -0.39 is 42.1 Å². The number of aromatic nitrogens is 3. The molecule has 0 spiro atoms. The summed E-state index contributed by atoms with van der Waals surface area (Å²) in [6.07, 6.45) is 1.21. The first-order chi connectivity index (χ1) is 20.4. The number of benzene rings is 2. The van der Waals surface area contributed by atoms with E-state index in [4.69, 9.17) is 5.11 Å². The van der Waals surface area contributed by atoms with Crippen LogP contribution in [0, 0.1) is 18.6 Å². The third kappa shape index (κ3) is 7.56. The van der Waals surface area contributed by atoms with Gasteiger partial charge in [-0.1, -0.05) is 30.3 Å².